The highest BCUT2D eigenvalue weighted by molar-refractivity contribution is 14.0. The molecule has 0 saturated carbocycles. The van der Waals surface area contributed by atoms with Crippen LogP contribution < -0.4 is 10.6 Å². The second-order valence-corrected chi connectivity index (χ2v) is 5.43. The number of thioether (sulfide) groups is 1. The Hall–Kier alpha value is 0.310. The first-order valence-corrected chi connectivity index (χ1v) is 8.10. The molecule has 0 heterocycles. The Bertz CT molecular complexity index is 228. The zero-order valence-electron chi connectivity index (χ0n) is 12.9. The molecule has 4 nitrogen and oxygen atoms in total. The van der Waals surface area contributed by atoms with E-state index in [9.17, 15) is 0 Å². The molecule has 0 aromatic carbocycles. The molecular weight excluding hydrogens is 373 g/mol. The van der Waals surface area contributed by atoms with Crippen molar-refractivity contribution in [2.45, 2.75) is 33.3 Å². The minimum absolute atomic E-state index is 0. The molecule has 0 amide bonds. The van der Waals surface area contributed by atoms with Gasteiger partial charge in [-0.15, -0.1) is 24.0 Å². The van der Waals surface area contributed by atoms with Crippen LogP contribution in [0.5, 0.6) is 0 Å². The van der Waals surface area contributed by atoms with Gasteiger partial charge in [0, 0.05) is 32.5 Å². The summed E-state index contributed by atoms with van der Waals surface area (Å²) in [6.07, 6.45) is 3.44. The number of nitrogens with one attached hydrogen (secondary N) is 2. The molecule has 0 bridgehead atoms. The summed E-state index contributed by atoms with van der Waals surface area (Å²) in [5, 5.41) is 6.60. The summed E-state index contributed by atoms with van der Waals surface area (Å²) in [6.45, 7) is 9.06. The van der Waals surface area contributed by atoms with E-state index in [1.54, 1.807) is 7.05 Å². The second-order valence-electron chi connectivity index (χ2n) is 4.45. The van der Waals surface area contributed by atoms with Gasteiger partial charge in [0.05, 0.1) is 6.10 Å². The van der Waals surface area contributed by atoms with E-state index in [2.05, 4.69) is 35.7 Å². The lowest BCUT2D eigenvalue weighted by Crippen LogP contribution is -2.40. The van der Waals surface area contributed by atoms with Crippen LogP contribution in [-0.2, 0) is 4.74 Å². The van der Waals surface area contributed by atoms with Gasteiger partial charge in [-0.25, -0.2) is 0 Å². The molecule has 0 aliphatic rings. The van der Waals surface area contributed by atoms with Crippen LogP contribution in [0.3, 0.4) is 0 Å². The summed E-state index contributed by atoms with van der Waals surface area (Å²) >= 11 is 1.83. The first kappa shape index (κ1) is 21.6. The maximum absolute atomic E-state index is 5.71. The van der Waals surface area contributed by atoms with E-state index in [1.165, 1.54) is 0 Å². The summed E-state index contributed by atoms with van der Waals surface area (Å²) in [5.41, 5.74) is 0. The van der Waals surface area contributed by atoms with Crippen LogP contribution in [0, 0.1) is 5.92 Å². The number of ether oxygens (including phenoxy) is 1. The Kier molecular flexibility index (Phi) is 16.7. The van der Waals surface area contributed by atoms with Gasteiger partial charge in [0.25, 0.3) is 0 Å². The molecule has 19 heavy (non-hydrogen) atoms. The van der Waals surface area contributed by atoms with E-state index >= 15 is 0 Å². The summed E-state index contributed by atoms with van der Waals surface area (Å²) in [4.78, 5) is 4.19. The van der Waals surface area contributed by atoms with Crippen molar-refractivity contribution in [1.82, 2.24) is 10.6 Å². The van der Waals surface area contributed by atoms with E-state index in [1.807, 2.05) is 18.7 Å². The Morgan fingerprint density at radius 2 is 1.89 bits per heavy atom. The lowest BCUT2D eigenvalue weighted by molar-refractivity contribution is 0.0258. The fourth-order valence-corrected chi connectivity index (χ4v) is 1.95. The van der Waals surface area contributed by atoms with E-state index in [4.69, 9.17) is 4.74 Å². The molecular formula is C13H30IN3OS. The molecule has 6 heteroatoms. The van der Waals surface area contributed by atoms with Crippen LogP contribution in [0.15, 0.2) is 4.99 Å². The average Bonchev–Trinajstić information content (AvgIpc) is 2.35. The molecule has 2 N–H and O–H groups in total. The van der Waals surface area contributed by atoms with Crippen LogP contribution in [0.1, 0.15) is 27.2 Å². The van der Waals surface area contributed by atoms with Crippen LogP contribution >= 0.6 is 35.7 Å². The number of halogens is 1. The van der Waals surface area contributed by atoms with Gasteiger partial charge in [0.1, 0.15) is 0 Å². The quantitative estimate of drug-likeness (QED) is 0.269. The van der Waals surface area contributed by atoms with E-state index in [0.717, 1.165) is 37.8 Å². The van der Waals surface area contributed by atoms with Gasteiger partial charge in [-0.3, -0.25) is 4.99 Å². The molecule has 0 aromatic heterocycles. The molecule has 0 saturated heterocycles. The SMILES string of the molecule is CCOC(CCNC(=NC)NCCSC)C(C)C.I. The lowest BCUT2D eigenvalue weighted by Gasteiger charge is -2.21. The van der Waals surface area contributed by atoms with Crippen molar-refractivity contribution in [3.63, 3.8) is 0 Å². The number of nitrogens with zero attached hydrogens (tertiary/aromatic N) is 1. The van der Waals surface area contributed by atoms with E-state index in [0.29, 0.717) is 12.0 Å². The second kappa shape index (κ2) is 14.7. The normalized spacial score (nSPS) is 13.1. The summed E-state index contributed by atoms with van der Waals surface area (Å²) < 4.78 is 5.71. The summed E-state index contributed by atoms with van der Waals surface area (Å²) in [5.74, 6) is 2.52. The third kappa shape index (κ3) is 11.8. The topological polar surface area (TPSA) is 45.6 Å². The number of hydrogen-bond acceptors (Lipinski definition) is 3. The minimum atomic E-state index is 0. The highest BCUT2D eigenvalue weighted by atomic mass is 127. The van der Waals surface area contributed by atoms with Crippen molar-refractivity contribution >= 4 is 41.7 Å². The molecule has 1 unspecified atom stereocenters. The van der Waals surface area contributed by atoms with Crippen LogP contribution in [0.4, 0.5) is 0 Å². The van der Waals surface area contributed by atoms with Gasteiger partial charge >= 0.3 is 0 Å². The summed E-state index contributed by atoms with van der Waals surface area (Å²) in [7, 11) is 1.80. The van der Waals surface area contributed by atoms with Crippen molar-refractivity contribution in [3.05, 3.63) is 0 Å². The maximum atomic E-state index is 5.71. The standard InChI is InChI=1S/C13H29N3OS.HI/c1-6-17-12(11(2)3)7-8-15-13(14-4)16-9-10-18-5;/h11-12H,6-10H2,1-5H3,(H2,14,15,16);1H. The monoisotopic (exact) mass is 403 g/mol. The van der Waals surface area contributed by atoms with Gasteiger partial charge in [0.2, 0.25) is 0 Å². The largest absolute Gasteiger partial charge is 0.378 e. The zero-order chi connectivity index (χ0) is 13.8. The predicted octanol–water partition coefficient (Wildman–Crippen LogP) is 2.58. The average molecular weight is 403 g/mol. The number of guanidine groups is 1. The lowest BCUT2D eigenvalue weighted by atomic mass is 10.0. The highest BCUT2D eigenvalue weighted by Gasteiger charge is 2.12. The molecule has 0 spiro atoms. The first-order chi connectivity index (χ1) is 8.65. The Labute approximate surface area is 139 Å². The molecule has 0 aliphatic heterocycles. The molecule has 1 atom stereocenters. The Morgan fingerprint density at radius 3 is 2.37 bits per heavy atom. The maximum Gasteiger partial charge on any atom is 0.191 e. The smallest absolute Gasteiger partial charge is 0.191 e. The van der Waals surface area contributed by atoms with Gasteiger partial charge in [-0.2, -0.15) is 11.8 Å². The number of aliphatic imine (C=N–C) groups is 1. The van der Waals surface area contributed by atoms with Crippen LogP contribution in [0.2, 0.25) is 0 Å². The van der Waals surface area contributed by atoms with Gasteiger partial charge in [0.15, 0.2) is 5.96 Å². The van der Waals surface area contributed by atoms with Gasteiger partial charge < -0.3 is 15.4 Å². The first-order valence-electron chi connectivity index (χ1n) is 6.70. The third-order valence-electron chi connectivity index (χ3n) is 2.67. The molecule has 0 fully saturated rings. The van der Waals surface area contributed by atoms with Crippen molar-refractivity contribution in [3.8, 4) is 0 Å². The summed E-state index contributed by atoms with van der Waals surface area (Å²) in [6, 6.07) is 0. The fourth-order valence-electron chi connectivity index (χ4n) is 1.65. The van der Waals surface area contributed by atoms with Crippen LogP contribution in [0.25, 0.3) is 0 Å². The van der Waals surface area contributed by atoms with Crippen molar-refractivity contribution in [2.24, 2.45) is 10.9 Å². The molecule has 0 aromatic rings. The Morgan fingerprint density at radius 1 is 1.26 bits per heavy atom. The highest BCUT2D eigenvalue weighted by Crippen LogP contribution is 2.09. The van der Waals surface area contributed by atoms with Crippen LogP contribution in [-0.4, -0.2) is 50.8 Å². The van der Waals surface area contributed by atoms with Crippen molar-refractivity contribution in [2.75, 3.05) is 38.8 Å². The third-order valence-corrected chi connectivity index (χ3v) is 3.28. The van der Waals surface area contributed by atoms with Gasteiger partial charge in [-0.1, -0.05) is 13.8 Å². The van der Waals surface area contributed by atoms with Gasteiger partial charge in [-0.05, 0) is 25.5 Å². The molecule has 0 radical (unpaired) electrons. The number of hydrogen-bond donors (Lipinski definition) is 2. The van der Waals surface area contributed by atoms with Crippen molar-refractivity contribution in [1.29, 1.82) is 0 Å². The zero-order valence-corrected chi connectivity index (χ0v) is 16.0. The predicted molar refractivity (Wildman–Crippen MR) is 98.0 cm³/mol. The fraction of sp³-hybridized carbons (Fsp3) is 0.923. The van der Waals surface area contributed by atoms with E-state index in [-0.39, 0.29) is 24.0 Å². The Balaban J connectivity index is 0. The van der Waals surface area contributed by atoms with Crippen molar-refractivity contribution < 1.29 is 4.74 Å². The minimum Gasteiger partial charge on any atom is -0.378 e. The number of rotatable bonds is 9. The van der Waals surface area contributed by atoms with E-state index < -0.39 is 0 Å². The molecule has 0 aliphatic carbocycles. The molecule has 116 valence electrons. The molecule has 0 rings (SSSR count).